The number of hydrogen-bond acceptors (Lipinski definition) is 5. The van der Waals surface area contributed by atoms with Crippen LogP contribution in [-0.2, 0) is 21.4 Å². The minimum atomic E-state index is -3.61. The first-order chi connectivity index (χ1) is 15.0. The molecule has 4 rings (SSSR count). The Balaban J connectivity index is 1.61. The van der Waals surface area contributed by atoms with Gasteiger partial charge < -0.3 is 4.57 Å². The molecule has 6 nitrogen and oxygen atoms in total. The molecule has 9 heteroatoms. The van der Waals surface area contributed by atoms with Crippen LogP contribution in [0.1, 0.15) is 12.8 Å². The second kappa shape index (κ2) is 9.68. The number of rotatable bonds is 6. The molecule has 164 valence electrons. The minimum absolute atomic E-state index is 0.176. The first kappa shape index (κ1) is 22.3. The summed E-state index contributed by atoms with van der Waals surface area (Å²) >= 11 is 3.25. The van der Waals surface area contributed by atoms with Gasteiger partial charge in [0.15, 0.2) is 4.80 Å². The van der Waals surface area contributed by atoms with Gasteiger partial charge in [0.05, 0.1) is 21.0 Å². The number of hydrogen-bond donors (Lipinski definition) is 0. The van der Waals surface area contributed by atoms with Crippen molar-refractivity contribution in [2.24, 2.45) is 10.9 Å². The molecular formula is C22H25N3O3S3. The van der Waals surface area contributed by atoms with Crippen LogP contribution in [0.5, 0.6) is 0 Å². The fourth-order valence-corrected chi connectivity index (χ4v) is 6.77. The van der Waals surface area contributed by atoms with E-state index in [0.29, 0.717) is 24.2 Å². The van der Waals surface area contributed by atoms with E-state index in [-0.39, 0.29) is 17.3 Å². The van der Waals surface area contributed by atoms with Crippen molar-refractivity contribution in [1.82, 2.24) is 8.87 Å². The molecule has 1 unspecified atom stereocenters. The first-order valence-corrected chi connectivity index (χ1v) is 13.9. The molecular weight excluding hydrogens is 450 g/mol. The summed E-state index contributed by atoms with van der Waals surface area (Å²) in [5, 5.41) is 0. The number of aryl methyl sites for hydroxylation is 1. The first-order valence-electron chi connectivity index (χ1n) is 10.2. The number of fused-ring (bicyclic) bond motifs is 1. The summed E-state index contributed by atoms with van der Waals surface area (Å²) in [6, 6.07) is 16.5. The summed E-state index contributed by atoms with van der Waals surface area (Å²) in [6.07, 6.45) is 3.36. The van der Waals surface area contributed by atoms with Crippen LogP contribution in [0.3, 0.4) is 0 Å². The molecule has 2 heterocycles. The molecule has 1 aromatic heterocycles. The number of amides is 1. The maximum Gasteiger partial charge on any atom is 0.252 e. The number of aromatic nitrogens is 1. The molecule has 0 saturated carbocycles. The summed E-state index contributed by atoms with van der Waals surface area (Å²) in [6.45, 7) is 1.38. The van der Waals surface area contributed by atoms with E-state index in [1.54, 1.807) is 42.1 Å². The molecule has 1 fully saturated rings. The molecule has 1 atom stereocenters. The average molecular weight is 476 g/mol. The smallest absolute Gasteiger partial charge is 0.252 e. The largest absolute Gasteiger partial charge is 0.316 e. The van der Waals surface area contributed by atoms with Crippen molar-refractivity contribution in [2.45, 2.75) is 24.3 Å². The number of para-hydroxylation sites is 1. The van der Waals surface area contributed by atoms with Crippen molar-refractivity contribution < 1.29 is 13.2 Å². The van der Waals surface area contributed by atoms with Gasteiger partial charge in [-0.05, 0) is 43.4 Å². The number of benzene rings is 2. The van der Waals surface area contributed by atoms with E-state index in [4.69, 9.17) is 0 Å². The molecule has 2 aromatic carbocycles. The van der Waals surface area contributed by atoms with Gasteiger partial charge in [-0.25, -0.2) is 8.42 Å². The van der Waals surface area contributed by atoms with E-state index in [1.165, 1.54) is 15.6 Å². The molecule has 0 N–H and O–H groups in total. The van der Waals surface area contributed by atoms with Crippen LogP contribution < -0.4 is 4.80 Å². The van der Waals surface area contributed by atoms with Gasteiger partial charge in [0.25, 0.3) is 5.91 Å². The van der Waals surface area contributed by atoms with Crippen LogP contribution in [-0.4, -0.2) is 48.3 Å². The van der Waals surface area contributed by atoms with Gasteiger partial charge in [-0.2, -0.15) is 21.1 Å². The zero-order valence-electron chi connectivity index (χ0n) is 17.3. The van der Waals surface area contributed by atoms with E-state index in [9.17, 15) is 13.2 Å². The van der Waals surface area contributed by atoms with E-state index in [1.807, 2.05) is 24.3 Å². The minimum Gasteiger partial charge on any atom is -0.316 e. The van der Waals surface area contributed by atoms with Gasteiger partial charge in [0.2, 0.25) is 10.0 Å². The van der Waals surface area contributed by atoms with Crippen molar-refractivity contribution in [3.05, 3.63) is 59.4 Å². The van der Waals surface area contributed by atoms with Crippen molar-refractivity contribution in [2.75, 3.05) is 25.1 Å². The highest BCUT2D eigenvalue weighted by Gasteiger charge is 2.33. The van der Waals surface area contributed by atoms with Crippen LogP contribution in [0, 0.1) is 5.92 Å². The molecule has 1 amide bonds. The Bertz CT molecular complexity index is 1230. The molecule has 0 bridgehead atoms. The normalized spacial score (nSPS) is 18.5. The van der Waals surface area contributed by atoms with Crippen molar-refractivity contribution in [3.8, 4) is 0 Å². The summed E-state index contributed by atoms with van der Waals surface area (Å²) in [7, 11) is -3.61. The van der Waals surface area contributed by atoms with Crippen molar-refractivity contribution in [3.63, 3.8) is 0 Å². The third kappa shape index (κ3) is 4.79. The van der Waals surface area contributed by atoms with Gasteiger partial charge in [0.1, 0.15) is 0 Å². The molecule has 31 heavy (non-hydrogen) atoms. The Morgan fingerprint density at radius 2 is 1.90 bits per heavy atom. The van der Waals surface area contributed by atoms with Crippen LogP contribution in [0.2, 0.25) is 0 Å². The Labute approximate surface area is 190 Å². The van der Waals surface area contributed by atoms with E-state index >= 15 is 0 Å². The van der Waals surface area contributed by atoms with Gasteiger partial charge >= 0.3 is 0 Å². The van der Waals surface area contributed by atoms with E-state index < -0.39 is 15.9 Å². The molecule has 1 saturated heterocycles. The lowest BCUT2D eigenvalue weighted by Gasteiger charge is -2.30. The topological polar surface area (TPSA) is 71.7 Å². The van der Waals surface area contributed by atoms with Crippen LogP contribution in [0.25, 0.3) is 10.2 Å². The number of nitrogens with zero attached hydrogens (tertiary/aromatic N) is 3. The number of carbonyl (C=O) groups excluding carboxylic acids is 1. The third-order valence-electron chi connectivity index (χ3n) is 5.43. The Hall–Kier alpha value is -1.94. The Morgan fingerprint density at radius 1 is 1.16 bits per heavy atom. The van der Waals surface area contributed by atoms with Gasteiger partial charge in [-0.1, -0.05) is 41.7 Å². The molecule has 3 aromatic rings. The fourth-order valence-electron chi connectivity index (χ4n) is 3.79. The van der Waals surface area contributed by atoms with Gasteiger partial charge in [-0.15, -0.1) is 0 Å². The van der Waals surface area contributed by atoms with Crippen molar-refractivity contribution >= 4 is 49.2 Å². The van der Waals surface area contributed by atoms with E-state index in [0.717, 1.165) is 22.5 Å². The standard InChI is InChI=1S/C22H25N3O3S3/c1-29-15-14-25-19-11-5-6-12-20(19)30-22(25)23-21(26)17-8-7-13-24(16-17)31(27,28)18-9-3-2-4-10-18/h2-6,9-12,17H,7-8,13-16H2,1H3. The number of thioether (sulfide) groups is 1. The number of sulfonamides is 1. The Kier molecular flexibility index (Phi) is 6.95. The zero-order valence-corrected chi connectivity index (χ0v) is 19.8. The van der Waals surface area contributed by atoms with Crippen LogP contribution >= 0.6 is 23.1 Å². The van der Waals surface area contributed by atoms with Crippen LogP contribution in [0.4, 0.5) is 0 Å². The summed E-state index contributed by atoms with van der Waals surface area (Å²) < 4.78 is 30.6. The maximum absolute atomic E-state index is 13.1. The molecule has 0 aliphatic carbocycles. The van der Waals surface area contributed by atoms with Gasteiger partial charge in [-0.3, -0.25) is 4.79 Å². The Morgan fingerprint density at radius 3 is 2.68 bits per heavy atom. The zero-order chi connectivity index (χ0) is 21.8. The number of carbonyl (C=O) groups is 1. The number of thiazole rings is 1. The summed E-state index contributed by atoms with van der Waals surface area (Å²) in [5.41, 5.74) is 1.07. The predicted octanol–water partition coefficient (Wildman–Crippen LogP) is 3.59. The summed E-state index contributed by atoms with van der Waals surface area (Å²) in [4.78, 5) is 18.5. The monoisotopic (exact) mass is 475 g/mol. The lowest BCUT2D eigenvalue weighted by atomic mass is 9.99. The van der Waals surface area contributed by atoms with Crippen LogP contribution in [0.15, 0.2) is 64.5 Å². The average Bonchev–Trinajstić information content (AvgIpc) is 3.15. The van der Waals surface area contributed by atoms with Gasteiger partial charge in [0, 0.05) is 25.4 Å². The molecule has 1 aliphatic rings. The summed E-state index contributed by atoms with van der Waals surface area (Å²) in [5.74, 6) is 0.262. The highest BCUT2D eigenvalue weighted by atomic mass is 32.2. The second-order valence-electron chi connectivity index (χ2n) is 7.46. The molecule has 0 spiro atoms. The molecule has 0 radical (unpaired) electrons. The second-order valence-corrected chi connectivity index (χ2v) is 11.4. The quantitative estimate of drug-likeness (QED) is 0.546. The lowest BCUT2D eigenvalue weighted by Crippen LogP contribution is -2.42. The highest BCUT2D eigenvalue weighted by Crippen LogP contribution is 2.25. The fraction of sp³-hybridized carbons (Fsp3) is 0.364. The maximum atomic E-state index is 13.1. The predicted molar refractivity (Wildman–Crippen MR) is 127 cm³/mol. The third-order valence-corrected chi connectivity index (χ3v) is 8.96. The number of piperidine rings is 1. The van der Waals surface area contributed by atoms with Crippen molar-refractivity contribution in [1.29, 1.82) is 0 Å². The highest BCUT2D eigenvalue weighted by molar-refractivity contribution is 7.98. The lowest BCUT2D eigenvalue weighted by molar-refractivity contribution is -0.122. The van der Waals surface area contributed by atoms with E-state index in [2.05, 4.69) is 15.8 Å². The SMILES string of the molecule is CSCCn1c(=NC(=O)C2CCCN(S(=O)(=O)c3ccccc3)C2)sc2ccccc21. The molecule has 1 aliphatic heterocycles.